The average Bonchev–Trinajstić information content (AvgIpc) is 2.90. The van der Waals surface area contributed by atoms with E-state index in [2.05, 4.69) is 77.8 Å². The Morgan fingerprint density at radius 3 is 1.37 bits per heavy atom. The quantitative estimate of drug-likeness (QED) is 0.751. The number of rotatable bonds is 2. The SMILES string of the molecule is Cc1ccc(-c2n[nH]nc2-c2ccc(C)cc2)cc1. The van der Waals surface area contributed by atoms with Crippen molar-refractivity contribution in [3.05, 3.63) is 59.7 Å². The lowest BCUT2D eigenvalue weighted by Crippen LogP contribution is -1.84. The van der Waals surface area contributed by atoms with E-state index in [1.807, 2.05) is 0 Å². The van der Waals surface area contributed by atoms with Gasteiger partial charge in [0.15, 0.2) is 0 Å². The molecule has 0 saturated carbocycles. The standard InChI is InChI=1S/C16H15N3/c1-11-3-7-13(8-4-11)15-16(18-19-17-15)14-9-5-12(2)6-10-14/h3-10H,1-2H3,(H,17,18,19). The lowest BCUT2D eigenvalue weighted by atomic mass is 10.0. The third kappa shape index (κ3) is 2.27. The summed E-state index contributed by atoms with van der Waals surface area (Å²) >= 11 is 0. The van der Waals surface area contributed by atoms with Gasteiger partial charge in [-0.1, -0.05) is 59.7 Å². The maximum atomic E-state index is 4.28. The van der Waals surface area contributed by atoms with Gasteiger partial charge in [0.05, 0.1) is 0 Å². The summed E-state index contributed by atoms with van der Waals surface area (Å²) in [5.41, 5.74) is 6.42. The van der Waals surface area contributed by atoms with Crippen molar-refractivity contribution in [2.45, 2.75) is 13.8 Å². The first-order valence-corrected chi connectivity index (χ1v) is 6.29. The van der Waals surface area contributed by atoms with Crippen molar-refractivity contribution in [1.82, 2.24) is 15.4 Å². The van der Waals surface area contributed by atoms with Crippen LogP contribution in [0.15, 0.2) is 48.5 Å². The van der Waals surface area contributed by atoms with Crippen molar-refractivity contribution < 1.29 is 0 Å². The average molecular weight is 249 g/mol. The van der Waals surface area contributed by atoms with Crippen molar-refractivity contribution >= 4 is 0 Å². The first kappa shape index (κ1) is 11.7. The predicted octanol–water partition coefficient (Wildman–Crippen LogP) is 3.76. The first-order valence-electron chi connectivity index (χ1n) is 6.29. The van der Waals surface area contributed by atoms with Crippen molar-refractivity contribution in [3.63, 3.8) is 0 Å². The van der Waals surface area contributed by atoms with Crippen LogP contribution in [0.3, 0.4) is 0 Å². The van der Waals surface area contributed by atoms with E-state index in [9.17, 15) is 0 Å². The third-order valence-electron chi connectivity index (χ3n) is 3.20. The summed E-state index contributed by atoms with van der Waals surface area (Å²) < 4.78 is 0. The van der Waals surface area contributed by atoms with E-state index in [4.69, 9.17) is 0 Å². The van der Waals surface area contributed by atoms with Gasteiger partial charge >= 0.3 is 0 Å². The summed E-state index contributed by atoms with van der Waals surface area (Å²) in [7, 11) is 0. The van der Waals surface area contributed by atoms with Crippen molar-refractivity contribution in [2.24, 2.45) is 0 Å². The van der Waals surface area contributed by atoms with Crippen molar-refractivity contribution in [2.75, 3.05) is 0 Å². The van der Waals surface area contributed by atoms with Crippen LogP contribution in [0.1, 0.15) is 11.1 Å². The largest absolute Gasteiger partial charge is 0.197 e. The van der Waals surface area contributed by atoms with Crippen LogP contribution >= 0.6 is 0 Å². The van der Waals surface area contributed by atoms with E-state index >= 15 is 0 Å². The number of hydrogen-bond donors (Lipinski definition) is 1. The normalized spacial score (nSPS) is 10.6. The van der Waals surface area contributed by atoms with Gasteiger partial charge in [0.1, 0.15) is 11.4 Å². The molecule has 0 bridgehead atoms. The molecule has 0 fully saturated rings. The summed E-state index contributed by atoms with van der Waals surface area (Å²) in [5, 5.41) is 11.3. The Labute approximate surface area is 112 Å². The van der Waals surface area contributed by atoms with Gasteiger partial charge in [0.25, 0.3) is 0 Å². The first-order chi connectivity index (χ1) is 9.24. The zero-order valence-electron chi connectivity index (χ0n) is 11.0. The molecule has 19 heavy (non-hydrogen) atoms. The van der Waals surface area contributed by atoms with Crippen LogP contribution in [-0.4, -0.2) is 15.4 Å². The minimum Gasteiger partial charge on any atom is -0.197 e. The molecule has 1 N–H and O–H groups in total. The molecule has 0 spiro atoms. The maximum Gasteiger partial charge on any atom is 0.120 e. The second kappa shape index (κ2) is 4.69. The van der Waals surface area contributed by atoms with Crippen LogP contribution in [0.2, 0.25) is 0 Å². The number of benzene rings is 2. The second-order valence-corrected chi connectivity index (χ2v) is 4.75. The second-order valence-electron chi connectivity index (χ2n) is 4.75. The molecule has 0 unspecified atom stereocenters. The van der Waals surface area contributed by atoms with Gasteiger partial charge in [-0.3, -0.25) is 0 Å². The van der Waals surface area contributed by atoms with Crippen LogP contribution in [0.4, 0.5) is 0 Å². The fourth-order valence-corrected chi connectivity index (χ4v) is 2.06. The summed E-state index contributed by atoms with van der Waals surface area (Å²) in [6, 6.07) is 16.6. The lowest BCUT2D eigenvalue weighted by molar-refractivity contribution is 0.944. The minimum absolute atomic E-state index is 0.892. The topological polar surface area (TPSA) is 41.6 Å². The molecule has 0 aliphatic carbocycles. The van der Waals surface area contributed by atoms with Gasteiger partial charge in [-0.25, -0.2) is 0 Å². The molecular weight excluding hydrogens is 234 g/mol. The highest BCUT2D eigenvalue weighted by atomic mass is 15.3. The molecule has 1 aromatic heterocycles. The molecule has 3 aromatic rings. The number of aromatic amines is 1. The van der Waals surface area contributed by atoms with Crippen LogP contribution in [0.5, 0.6) is 0 Å². The van der Waals surface area contributed by atoms with Crippen LogP contribution < -0.4 is 0 Å². The monoisotopic (exact) mass is 249 g/mol. The molecule has 0 radical (unpaired) electrons. The summed E-state index contributed by atoms with van der Waals surface area (Å²) in [5.74, 6) is 0. The van der Waals surface area contributed by atoms with Gasteiger partial charge in [0.2, 0.25) is 0 Å². The molecule has 0 amide bonds. The molecule has 2 aromatic carbocycles. The molecule has 3 heteroatoms. The number of nitrogens with zero attached hydrogens (tertiary/aromatic N) is 2. The van der Waals surface area contributed by atoms with Crippen LogP contribution in [0, 0.1) is 13.8 Å². The molecular formula is C16H15N3. The fraction of sp³-hybridized carbons (Fsp3) is 0.125. The number of aryl methyl sites for hydroxylation is 2. The Morgan fingerprint density at radius 2 is 1.00 bits per heavy atom. The zero-order valence-corrected chi connectivity index (χ0v) is 11.0. The molecule has 0 aliphatic rings. The molecule has 0 saturated heterocycles. The van der Waals surface area contributed by atoms with Crippen molar-refractivity contribution in [1.29, 1.82) is 0 Å². The minimum atomic E-state index is 0.892. The Balaban J connectivity index is 2.07. The van der Waals surface area contributed by atoms with E-state index < -0.39 is 0 Å². The molecule has 1 heterocycles. The Bertz CT molecular complexity index is 619. The molecule has 94 valence electrons. The van der Waals surface area contributed by atoms with E-state index in [1.165, 1.54) is 11.1 Å². The lowest BCUT2D eigenvalue weighted by Gasteiger charge is -2.02. The number of H-pyrrole nitrogens is 1. The fourth-order valence-electron chi connectivity index (χ4n) is 2.06. The van der Waals surface area contributed by atoms with Crippen LogP contribution in [-0.2, 0) is 0 Å². The van der Waals surface area contributed by atoms with Crippen LogP contribution in [0.25, 0.3) is 22.5 Å². The van der Waals surface area contributed by atoms with E-state index in [0.29, 0.717) is 0 Å². The number of hydrogen-bond acceptors (Lipinski definition) is 2. The highest BCUT2D eigenvalue weighted by Gasteiger charge is 2.11. The third-order valence-corrected chi connectivity index (χ3v) is 3.20. The number of nitrogens with one attached hydrogen (secondary N) is 1. The molecule has 0 aliphatic heterocycles. The van der Waals surface area contributed by atoms with Gasteiger partial charge in [0, 0.05) is 11.1 Å². The molecule has 0 atom stereocenters. The van der Waals surface area contributed by atoms with Gasteiger partial charge in [-0.05, 0) is 13.8 Å². The molecule has 3 nitrogen and oxygen atoms in total. The van der Waals surface area contributed by atoms with E-state index in [0.717, 1.165) is 22.5 Å². The van der Waals surface area contributed by atoms with Gasteiger partial charge < -0.3 is 0 Å². The summed E-state index contributed by atoms with van der Waals surface area (Å²) in [4.78, 5) is 0. The van der Waals surface area contributed by atoms with Gasteiger partial charge in [-0.15, -0.1) is 0 Å². The summed E-state index contributed by atoms with van der Waals surface area (Å²) in [6.07, 6.45) is 0. The Morgan fingerprint density at radius 1 is 0.632 bits per heavy atom. The highest BCUT2D eigenvalue weighted by Crippen LogP contribution is 2.28. The number of aromatic nitrogens is 3. The Hall–Kier alpha value is -2.42. The smallest absolute Gasteiger partial charge is 0.120 e. The van der Waals surface area contributed by atoms with E-state index in [1.54, 1.807) is 0 Å². The Kier molecular flexibility index (Phi) is 2.88. The van der Waals surface area contributed by atoms with E-state index in [-0.39, 0.29) is 0 Å². The van der Waals surface area contributed by atoms with Gasteiger partial charge in [-0.2, -0.15) is 15.4 Å². The zero-order chi connectivity index (χ0) is 13.2. The maximum absolute atomic E-state index is 4.28. The molecule has 3 rings (SSSR count). The predicted molar refractivity (Wildman–Crippen MR) is 76.7 cm³/mol. The van der Waals surface area contributed by atoms with Crippen molar-refractivity contribution in [3.8, 4) is 22.5 Å². The summed E-state index contributed by atoms with van der Waals surface area (Å²) in [6.45, 7) is 4.15. The highest BCUT2D eigenvalue weighted by molar-refractivity contribution is 5.77.